The molecule has 3 rings (SSSR count). The third kappa shape index (κ3) is 6.77. The maximum absolute atomic E-state index is 11.3. The lowest BCUT2D eigenvalue weighted by molar-refractivity contribution is -0.390. The van der Waals surface area contributed by atoms with Crippen LogP contribution in [0.1, 0.15) is 47.0 Å². The van der Waals surface area contributed by atoms with E-state index >= 15 is 0 Å². The van der Waals surface area contributed by atoms with Crippen molar-refractivity contribution in [2.45, 2.75) is 51.6 Å². The van der Waals surface area contributed by atoms with Crippen molar-refractivity contribution in [3.63, 3.8) is 0 Å². The number of aromatic nitrogens is 1. The van der Waals surface area contributed by atoms with Gasteiger partial charge < -0.3 is 34.4 Å². The summed E-state index contributed by atoms with van der Waals surface area (Å²) in [5.41, 5.74) is -0.442. The van der Waals surface area contributed by atoms with E-state index in [2.05, 4.69) is 16.8 Å². The van der Waals surface area contributed by atoms with Gasteiger partial charge in [0, 0.05) is 17.6 Å². The molecule has 1 fully saturated rings. The average molecular weight is 442 g/mol. The van der Waals surface area contributed by atoms with Gasteiger partial charge in [-0.2, -0.15) is 0 Å². The smallest absolute Gasteiger partial charge is 0.481 e. The summed E-state index contributed by atoms with van der Waals surface area (Å²) >= 11 is 0. The van der Waals surface area contributed by atoms with Crippen LogP contribution in [-0.2, 0) is 16.0 Å². The molecule has 0 radical (unpaired) electrons. The summed E-state index contributed by atoms with van der Waals surface area (Å²) in [5, 5.41) is 29.9. The quantitative estimate of drug-likeness (QED) is 0.289. The van der Waals surface area contributed by atoms with Crippen LogP contribution >= 0.6 is 0 Å². The van der Waals surface area contributed by atoms with Crippen molar-refractivity contribution < 1.29 is 31.9 Å². The molecule has 0 saturated carbocycles. The van der Waals surface area contributed by atoms with Crippen LogP contribution in [0.25, 0.3) is 0 Å². The van der Waals surface area contributed by atoms with Gasteiger partial charge in [-0.25, -0.2) is 0 Å². The molecule has 168 valence electrons. The molecule has 1 aromatic heterocycles. The highest BCUT2D eigenvalue weighted by atomic mass is 16.7. The fourth-order valence-corrected chi connectivity index (χ4v) is 2.97. The fourth-order valence-electron chi connectivity index (χ4n) is 2.97. The molecule has 1 atom stereocenters. The highest BCUT2D eigenvalue weighted by Gasteiger charge is 2.24. The lowest BCUT2D eigenvalue weighted by atomic mass is 9.81. The highest BCUT2D eigenvalue weighted by molar-refractivity contribution is 6.58. The summed E-state index contributed by atoms with van der Waals surface area (Å²) in [4.78, 5) is 14.0. The zero-order valence-electron chi connectivity index (χ0n) is 19.8. The summed E-state index contributed by atoms with van der Waals surface area (Å²) in [6.45, 7) is 1.78. The lowest BCUT2D eigenvalue weighted by Crippen LogP contribution is -2.33. The van der Waals surface area contributed by atoms with Gasteiger partial charge in [-0.1, -0.05) is 24.0 Å². The molecule has 1 unspecified atom stereocenters. The van der Waals surface area contributed by atoms with Crippen molar-refractivity contribution in [3.8, 4) is 17.6 Å². The minimum atomic E-state index is -2.51. The van der Waals surface area contributed by atoms with Gasteiger partial charge in [0.05, 0.1) is 2.74 Å². The first-order valence-electron chi connectivity index (χ1n) is 11.1. The first kappa shape index (κ1) is 20.9. The minimum absolute atomic E-state index is 0.0536. The van der Waals surface area contributed by atoms with Crippen molar-refractivity contribution in [3.05, 3.63) is 57.8 Å². The molecule has 1 saturated heterocycles. The van der Waals surface area contributed by atoms with Crippen LogP contribution in [0, 0.1) is 22.0 Å². The van der Waals surface area contributed by atoms with Gasteiger partial charge in [0.1, 0.15) is 18.4 Å². The molecule has 0 spiro atoms. The molecule has 2 aromatic rings. The molecule has 0 amide bonds. The van der Waals surface area contributed by atoms with Crippen LogP contribution < -0.4 is 10.2 Å². The number of rotatable bonds is 7. The Bertz CT molecular complexity index is 1100. The van der Waals surface area contributed by atoms with Gasteiger partial charge in [0.15, 0.2) is 6.29 Å². The maximum atomic E-state index is 11.3. The Morgan fingerprint density at radius 1 is 1.41 bits per heavy atom. The Labute approximate surface area is 189 Å². The van der Waals surface area contributed by atoms with Crippen LogP contribution in [0.4, 0.5) is 5.82 Å². The van der Waals surface area contributed by atoms with E-state index in [0.29, 0.717) is 12.2 Å². The standard InChI is InChI=1S/C22H25BN2O7/c1-22(2,32-20-8-3-4-11-30-20)10-9-16-6-5-7-17(12-16)15-31-19-13-18(23(26)27)14-24-21(19)25(28)29/h5-7,12-14,20,26-27H,3-4,8,11,15H2,1-2H3/i15D2. The first-order chi connectivity index (χ1) is 16.0. The second-order valence-corrected chi connectivity index (χ2v) is 7.68. The summed E-state index contributed by atoms with van der Waals surface area (Å²) in [7, 11) is -1.95. The van der Waals surface area contributed by atoms with Crippen LogP contribution in [0.15, 0.2) is 36.5 Å². The molecule has 2 N–H and O–H groups in total. The van der Waals surface area contributed by atoms with Crippen LogP contribution in [-0.4, -0.2) is 45.6 Å². The summed E-state index contributed by atoms with van der Waals surface area (Å²) in [5.74, 6) is 4.69. The number of hydrogen-bond donors (Lipinski definition) is 2. The van der Waals surface area contributed by atoms with Gasteiger partial charge in [-0.15, -0.1) is 0 Å². The number of benzene rings is 1. The zero-order chi connectivity index (χ0) is 24.9. The monoisotopic (exact) mass is 442 g/mol. The number of nitrogens with zero attached hydrogens (tertiary/aromatic N) is 2. The second-order valence-electron chi connectivity index (χ2n) is 7.68. The predicted molar refractivity (Wildman–Crippen MR) is 117 cm³/mol. The molecule has 1 aromatic carbocycles. The number of ether oxygens (including phenoxy) is 3. The van der Waals surface area contributed by atoms with E-state index in [1.807, 2.05) is 13.8 Å². The van der Waals surface area contributed by atoms with Crippen molar-refractivity contribution in [2.24, 2.45) is 0 Å². The predicted octanol–water partition coefficient (Wildman–Crippen LogP) is 1.92. The van der Waals surface area contributed by atoms with E-state index < -0.39 is 35.8 Å². The Balaban J connectivity index is 1.82. The fraction of sp³-hybridized carbons (Fsp3) is 0.409. The first-order valence-corrected chi connectivity index (χ1v) is 10.1. The molecule has 10 heteroatoms. The lowest BCUT2D eigenvalue weighted by Gasteiger charge is -2.29. The molecule has 9 nitrogen and oxygen atoms in total. The van der Waals surface area contributed by atoms with E-state index in [1.165, 1.54) is 12.1 Å². The molecule has 0 aliphatic carbocycles. The van der Waals surface area contributed by atoms with Crippen LogP contribution in [0.5, 0.6) is 5.75 Å². The van der Waals surface area contributed by atoms with E-state index in [9.17, 15) is 20.2 Å². The topological polar surface area (TPSA) is 124 Å². The Hall–Kier alpha value is -2.97. The van der Waals surface area contributed by atoms with Crippen molar-refractivity contribution >= 4 is 18.4 Å². The second kappa shape index (κ2) is 10.6. The zero-order valence-corrected chi connectivity index (χ0v) is 17.8. The molecule has 32 heavy (non-hydrogen) atoms. The number of hydrogen-bond acceptors (Lipinski definition) is 8. The summed E-state index contributed by atoms with van der Waals surface area (Å²) in [6, 6.07) is 7.15. The molecule has 1 aliphatic heterocycles. The number of nitro groups is 1. The Kier molecular flexibility index (Phi) is 6.91. The third-order valence-corrected chi connectivity index (χ3v) is 4.54. The van der Waals surface area contributed by atoms with E-state index in [4.69, 9.17) is 17.0 Å². The normalized spacial score (nSPS) is 17.4. The van der Waals surface area contributed by atoms with E-state index in [1.54, 1.807) is 12.1 Å². The summed E-state index contributed by atoms with van der Waals surface area (Å²) < 4.78 is 33.5. The van der Waals surface area contributed by atoms with Gasteiger partial charge in [0.2, 0.25) is 5.75 Å². The van der Waals surface area contributed by atoms with Crippen molar-refractivity contribution in [1.29, 1.82) is 0 Å². The van der Waals surface area contributed by atoms with Crippen LogP contribution in [0.3, 0.4) is 0 Å². The van der Waals surface area contributed by atoms with E-state index in [0.717, 1.165) is 31.5 Å². The van der Waals surface area contributed by atoms with Gasteiger partial charge in [0.25, 0.3) is 0 Å². The van der Waals surface area contributed by atoms with Gasteiger partial charge >= 0.3 is 12.9 Å². The van der Waals surface area contributed by atoms with Crippen molar-refractivity contribution in [2.75, 3.05) is 6.61 Å². The SMILES string of the molecule is [2H]C([2H])(Oc1cc(B(O)O)cnc1[N+](=O)[O-])c1cccc(C#CC(C)(C)OC2CCCCO2)c1. The Morgan fingerprint density at radius 2 is 2.22 bits per heavy atom. The van der Waals surface area contributed by atoms with Gasteiger partial charge in [-0.3, -0.25) is 0 Å². The highest BCUT2D eigenvalue weighted by Crippen LogP contribution is 2.24. The van der Waals surface area contributed by atoms with Crippen molar-refractivity contribution in [1.82, 2.24) is 4.98 Å². The molecule has 2 heterocycles. The molecule has 0 bridgehead atoms. The number of pyridine rings is 1. The van der Waals surface area contributed by atoms with Gasteiger partial charge in [-0.05, 0) is 66.8 Å². The van der Waals surface area contributed by atoms with E-state index in [-0.39, 0.29) is 17.3 Å². The third-order valence-electron chi connectivity index (χ3n) is 4.54. The largest absolute Gasteiger partial charge is 0.492 e. The maximum Gasteiger partial charge on any atom is 0.492 e. The molecular formula is C22H25BN2O7. The molecular weight excluding hydrogens is 415 g/mol. The van der Waals surface area contributed by atoms with Crippen LogP contribution in [0.2, 0.25) is 0 Å². The minimum Gasteiger partial charge on any atom is -0.481 e. The molecule has 1 aliphatic rings. The summed E-state index contributed by atoms with van der Waals surface area (Å²) in [6.07, 6.45) is 3.42. The average Bonchev–Trinajstić information content (AvgIpc) is 2.78. The Morgan fingerprint density at radius 3 is 2.91 bits per heavy atom.